The van der Waals surface area contributed by atoms with Gasteiger partial charge in [-0.25, -0.2) is 4.39 Å². The molecule has 1 unspecified atom stereocenters. The zero-order chi connectivity index (χ0) is 32.6. The van der Waals surface area contributed by atoms with Crippen molar-refractivity contribution in [3.63, 3.8) is 0 Å². The van der Waals surface area contributed by atoms with Gasteiger partial charge in [0.2, 0.25) is 0 Å². The summed E-state index contributed by atoms with van der Waals surface area (Å²) in [5, 5.41) is 4.98. The van der Waals surface area contributed by atoms with Crippen LogP contribution < -0.4 is 20.7 Å². The van der Waals surface area contributed by atoms with Crippen LogP contribution in [0.4, 0.5) is 10.1 Å². The van der Waals surface area contributed by atoms with Gasteiger partial charge in [-0.1, -0.05) is 78.1 Å². The molecule has 5 rings (SSSR count). The molecule has 2 bridgehead atoms. The van der Waals surface area contributed by atoms with Gasteiger partial charge in [-0.15, -0.1) is 12.8 Å². The van der Waals surface area contributed by atoms with E-state index in [4.69, 9.17) is 10.5 Å². The van der Waals surface area contributed by atoms with Crippen LogP contribution in [0.3, 0.4) is 0 Å². The number of anilines is 1. The maximum Gasteiger partial charge on any atom is 0.254 e. The number of amides is 1. The van der Waals surface area contributed by atoms with E-state index < -0.39 is 17.5 Å². The second kappa shape index (κ2) is 18.3. The second-order valence-electron chi connectivity index (χ2n) is 10.5. The summed E-state index contributed by atoms with van der Waals surface area (Å²) in [6.45, 7) is 11.5. The van der Waals surface area contributed by atoms with E-state index in [-0.39, 0.29) is 30.0 Å². The largest absolute Gasteiger partial charge is 0.485 e. The highest BCUT2D eigenvalue weighted by atomic mass is 19.1. The summed E-state index contributed by atoms with van der Waals surface area (Å²) in [4.78, 5) is 31.0. The smallest absolute Gasteiger partial charge is 0.254 e. The number of ether oxygens (including phenoxy) is 1. The van der Waals surface area contributed by atoms with E-state index in [9.17, 15) is 9.59 Å². The summed E-state index contributed by atoms with van der Waals surface area (Å²) in [7, 11) is 0. The molecule has 44 heavy (non-hydrogen) atoms. The summed E-state index contributed by atoms with van der Waals surface area (Å²) >= 11 is 0. The Kier molecular flexibility index (Phi) is 14.9. The third-order valence-corrected chi connectivity index (χ3v) is 7.42. The number of rotatable bonds is 5. The first-order chi connectivity index (χ1) is 21.3. The number of hydrogen-bond acceptors (Lipinski definition) is 6. The highest BCUT2D eigenvalue weighted by Gasteiger charge is 2.30. The van der Waals surface area contributed by atoms with Gasteiger partial charge < -0.3 is 20.7 Å². The fraction of sp³-hybridized carbons (Fsp3) is 0.417. The maximum atomic E-state index is 15.4. The Labute approximate surface area is 262 Å². The van der Waals surface area contributed by atoms with Crippen molar-refractivity contribution in [3.8, 4) is 18.6 Å². The highest BCUT2D eigenvalue weighted by Crippen LogP contribution is 2.37. The molecule has 3 heterocycles. The van der Waals surface area contributed by atoms with Crippen LogP contribution in [0.25, 0.3) is 10.8 Å². The third-order valence-electron chi connectivity index (χ3n) is 7.42. The lowest BCUT2D eigenvalue weighted by Gasteiger charge is -2.30. The van der Waals surface area contributed by atoms with Crippen molar-refractivity contribution in [3.05, 3.63) is 71.3 Å². The number of amidine groups is 1. The molecule has 0 aromatic heterocycles. The number of Topliss-reactive ketones (excluding diaryl/α,β-unsaturated/α-hetero) is 1. The fourth-order valence-corrected chi connectivity index (χ4v) is 4.90. The third kappa shape index (κ3) is 9.57. The van der Waals surface area contributed by atoms with Crippen LogP contribution in [0.2, 0.25) is 0 Å². The van der Waals surface area contributed by atoms with Crippen LogP contribution in [-0.4, -0.2) is 37.2 Å². The lowest BCUT2D eigenvalue weighted by molar-refractivity contribution is -0.119. The average molecular weight is 603 g/mol. The summed E-state index contributed by atoms with van der Waals surface area (Å²) in [6, 6.07) is 11.6. The Bertz CT molecular complexity index is 1440. The second-order valence-corrected chi connectivity index (χ2v) is 10.5. The van der Waals surface area contributed by atoms with Crippen molar-refractivity contribution in [2.24, 2.45) is 16.6 Å². The SMILES string of the molecule is C#C.CC.CCCC(C)CC.NC(=O)C1=CN2C/C(=C\C(F)=C(\NC3=NCCCC3)COc3cc4ccccc4cc32)C1=O. The van der Waals surface area contributed by atoms with Gasteiger partial charge in [-0.2, -0.15) is 0 Å². The quantitative estimate of drug-likeness (QED) is 0.275. The molecule has 2 aromatic carbocycles. The molecule has 8 heteroatoms. The molecule has 3 aliphatic heterocycles. The number of nitrogens with zero attached hydrogens (tertiary/aromatic N) is 2. The van der Waals surface area contributed by atoms with Crippen LogP contribution in [-0.2, 0) is 9.59 Å². The van der Waals surface area contributed by atoms with Crippen LogP contribution in [0.1, 0.15) is 73.1 Å². The molecule has 236 valence electrons. The van der Waals surface area contributed by atoms with E-state index in [1.54, 1.807) is 4.90 Å². The minimum absolute atomic E-state index is 0.0750. The van der Waals surface area contributed by atoms with Crippen LogP contribution in [0, 0.1) is 18.8 Å². The summed E-state index contributed by atoms with van der Waals surface area (Å²) in [5.41, 5.74) is 6.24. The minimum atomic E-state index is -0.866. The molecule has 0 aliphatic carbocycles. The number of carbonyl (C=O) groups excluding carboxylic acids is 2. The first kappa shape index (κ1) is 35.8. The number of hydrogen-bond donors (Lipinski definition) is 2. The molecule has 1 atom stereocenters. The number of nitrogens with two attached hydrogens (primary N) is 1. The topological polar surface area (TPSA) is 97.0 Å². The van der Waals surface area contributed by atoms with Gasteiger partial charge in [0.15, 0.2) is 5.78 Å². The van der Waals surface area contributed by atoms with Crippen molar-refractivity contribution >= 4 is 34.0 Å². The summed E-state index contributed by atoms with van der Waals surface area (Å²) in [6.07, 6.45) is 17.3. The van der Waals surface area contributed by atoms with E-state index in [0.717, 1.165) is 42.0 Å². The normalized spacial score (nSPS) is 19.2. The zero-order valence-corrected chi connectivity index (χ0v) is 26.8. The van der Waals surface area contributed by atoms with Crippen molar-refractivity contribution in [2.45, 2.75) is 73.1 Å². The number of carbonyl (C=O) groups is 2. The van der Waals surface area contributed by atoms with Gasteiger partial charge in [0.05, 0.1) is 17.9 Å². The zero-order valence-electron chi connectivity index (χ0n) is 26.8. The average Bonchev–Trinajstić information content (AvgIpc) is 3.05. The monoisotopic (exact) mass is 602 g/mol. The molecule has 0 radical (unpaired) electrons. The van der Waals surface area contributed by atoms with E-state index in [2.05, 4.69) is 43.9 Å². The lowest BCUT2D eigenvalue weighted by Crippen LogP contribution is -2.36. The standard InChI is InChI=1S/C25H23FN4O3.C7H16.C2H6.C2H2/c26-19-9-17-12-30(13-18(24(17)31)25(27)32)21-10-15-5-1-2-6-16(15)11-22(21)33-14-20(19)29-23-7-3-4-8-28-23;1-4-6-7(3)5-2;2*1-2/h1-2,5-6,9-11,13H,3-4,7-8,12,14H2,(H2,27,32)(H,28,29);7H,4-6H2,1-3H3;1-2H3;1-2H/b17-9+,20-19-;;;. The van der Waals surface area contributed by atoms with Crippen LogP contribution in [0.15, 0.2) is 76.3 Å². The van der Waals surface area contributed by atoms with Crippen LogP contribution in [0.5, 0.6) is 5.75 Å². The number of allylic oxidation sites excluding steroid dienone is 2. The van der Waals surface area contributed by atoms with E-state index in [1.165, 1.54) is 25.5 Å². The molecule has 3 aliphatic rings. The van der Waals surface area contributed by atoms with Crippen molar-refractivity contribution in [1.82, 2.24) is 5.32 Å². The summed E-state index contributed by atoms with van der Waals surface area (Å²) in [5.74, 6) is 0.0643. The predicted molar refractivity (Wildman–Crippen MR) is 180 cm³/mol. The molecule has 0 saturated heterocycles. The maximum absolute atomic E-state index is 15.4. The number of aliphatic imine (C=N–C) groups is 1. The molecule has 1 amide bonds. The van der Waals surface area contributed by atoms with Gasteiger partial charge in [0.25, 0.3) is 5.91 Å². The number of benzene rings is 2. The first-order valence-corrected chi connectivity index (χ1v) is 15.5. The first-order valence-electron chi connectivity index (χ1n) is 15.5. The molecule has 0 spiro atoms. The molecular formula is C36H47FN4O3. The van der Waals surface area contributed by atoms with Gasteiger partial charge in [0, 0.05) is 24.7 Å². The van der Waals surface area contributed by atoms with Crippen molar-refractivity contribution in [1.29, 1.82) is 0 Å². The molecule has 0 fully saturated rings. The van der Waals surface area contributed by atoms with Gasteiger partial charge in [-0.05, 0) is 47.7 Å². The van der Waals surface area contributed by atoms with Gasteiger partial charge in [0.1, 0.15) is 29.6 Å². The number of primary amides is 1. The Morgan fingerprint density at radius 1 is 1.16 bits per heavy atom. The number of fused-ring (bicyclic) bond motifs is 5. The van der Waals surface area contributed by atoms with E-state index in [0.29, 0.717) is 23.8 Å². The van der Waals surface area contributed by atoms with Crippen LogP contribution >= 0.6 is 0 Å². The molecule has 2 aromatic rings. The predicted octanol–water partition coefficient (Wildman–Crippen LogP) is 7.38. The Morgan fingerprint density at radius 3 is 2.41 bits per heavy atom. The fourth-order valence-electron chi connectivity index (χ4n) is 4.90. The number of terminal acetylenes is 1. The lowest BCUT2D eigenvalue weighted by atomic mass is 9.97. The molecule has 3 N–H and O–H groups in total. The molecular weight excluding hydrogens is 555 g/mol. The van der Waals surface area contributed by atoms with Gasteiger partial charge >= 0.3 is 0 Å². The summed E-state index contributed by atoms with van der Waals surface area (Å²) < 4.78 is 21.5. The van der Waals surface area contributed by atoms with Gasteiger partial charge in [-0.3, -0.25) is 14.6 Å². The Hall–Kier alpha value is -4.38. The molecule has 7 nitrogen and oxygen atoms in total. The molecule has 0 saturated carbocycles. The van der Waals surface area contributed by atoms with E-state index in [1.807, 2.05) is 50.2 Å². The highest BCUT2D eigenvalue weighted by molar-refractivity contribution is 6.26. The Balaban J connectivity index is 0.000000536. The number of ketones is 1. The Morgan fingerprint density at radius 2 is 1.84 bits per heavy atom. The van der Waals surface area contributed by atoms with Crippen molar-refractivity contribution in [2.75, 3.05) is 24.6 Å². The van der Waals surface area contributed by atoms with E-state index >= 15 is 4.39 Å². The van der Waals surface area contributed by atoms with Crippen molar-refractivity contribution < 1.29 is 18.7 Å². The minimum Gasteiger partial charge on any atom is -0.485 e. The number of nitrogens with one attached hydrogen (secondary N) is 1. The number of halogens is 1.